The van der Waals surface area contributed by atoms with Gasteiger partial charge < -0.3 is 15.5 Å². The molecule has 2 heterocycles. The van der Waals surface area contributed by atoms with Crippen molar-refractivity contribution in [1.82, 2.24) is 15.1 Å². The quantitative estimate of drug-likeness (QED) is 0.835. The SMILES string of the molecule is Cc1cccc(NC(=O)CN2CCN(C(=O)C3CNC3)CC2)c1C.Cl. The van der Waals surface area contributed by atoms with Crippen LogP contribution in [0, 0.1) is 19.8 Å². The number of rotatable bonds is 4. The highest BCUT2D eigenvalue weighted by Crippen LogP contribution is 2.18. The van der Waals surface area contributed by atoms with E-state index in [-0.39, 0.29) is 30.1 Å². The van der Waals surface area contributed by atoms with Gasteiger partial charge in [0.25, 0.3) is 0 Å². The maximum Gasteiger partial charge on any atom is 0.238 e. The van der Waals surface area contributed by atoms with Crippen LogP contribution in [0.5, 0.6) is 0 Å². The largest absolute Gasteiger partial charge is 0.340 e. The third-order valence-electron chi connectivity index (χ3n) is 5.06. The molecule has 0 aliphatic carbocycles. The van der Waals surface area contributed by atoms with Gasteiger partial charge in [-0.2, -0.15) is 0 Å². The highest BCUT2D eigenvalue weighted by Gasteiger charge is 2.31. The zero-order chi connectivity index (χ0) is 17.1. The van der Waals surface area contributed by atoms with Crippen LogP contribution < -0.4 is 10.6 Å². The van der Waals surface area contributed by atoms with Gasteiger partial charge in [-0.15, -0.1) is 12.4 Å². The Morgan fingerprint density at radius 2 is 1.84 bits per heavy atom. The number of nitrogens with one attached hydrogen (secondary N) is 2. The van der Waals surface area contributed by atoms with Crippen molar-refractivity contribution in [1.29, 1.82) is 0 Å². The number of benzene rings is 1. The summed E-state index contributed by atoms with van der Waals surface area (Å²) in [7, 11) is 0. The van der Waals surface area contributed by atoms with Crippen LogP contribution in [0.3, 0.4) is 0 Å². The minimum absolute atomic E-state index is 0. The Balaban J connectivity index is 0.00000225. The van der Waals surface area contributed by atoms with E-state index in [4.69, 9.17) is 0 Å². The van der Waals surface area contributed by atoms with Crippen molar-refractivity contribution in [3.8, 4) is 0 Å². The smallest absolute Gasteiger partial charge is 0.238 e. The topological polar surface area (TPSA) is 64.7 Å². The second-order valence-electron chi connectivity index (χ2n) is 6.75. The number of carbonyl (C=O) groups excluding carboxylic acids is 2. The molecule has 0 spiro atoms. The van der Waals surface area contributed by atoms with Crippen molar-refractivity contribution in [2.75, 3.05) is 51.1 Å². The molecular weight excluding hydrogens is 340 g/mol. The second-order valence-corrected chi connectivity index (χ2v) is 6.75. The van der Waals surface area contributed by atoms with E-state index in [1.54, 1.807) is 0 Å². The fourth-order valence-electron chi connectivity index (χ4n) is 3.13. The summed E-state index contributed by atoms with van der Waals surface area (Å²) in [5.41, 5.74) is 3.16. The molecular formula is C18H27ClN4O2. The molecule has 0 unspecified atom stereocenters. The molecule has 7 heteroatoms. The van der Waals surface area contributed by atoms with Crippen LogP contribution in [0.4, 0.5) is 5.69 Å². The van der Waals surface area contributed by atoms with Crippen molar-refractivity contribution in [3.05, 3.63) is 29.3 Å². The molecule has 2 aliphatic rings. The summed E-state index contributed by atoms with van der Waals surface area (Å²) in [5, 5.41) is 6.14. The highest BCUT2D eigenvalue weighted by atomic mass is 35.5. The normalized spacial score (nSPS) is 18.2. The molecule has 0 aromatic heterocycles. The minimum Gasteiger partial charge on any atom is -0.340 e. The van der Waals surface area contributed by atoms with Gasteiger partial charge >= 0.3 is 0 Å². The molecule has 6 nitrogen and oxygen atoms in total. The maximum absolute atomic E-state index is 12.3. The molecule has 138 valence electrons. The lowest BCUT2D eigenvalue weighted by molar-refractivity contribution is -0.138. The summed E-state index contributed by atoms with van der Waals surface area (Å²) in [4.78, 5) is 28.5. The first-order chi connectivity index (χ1) is 11.5. The number of anilines is 1. The van der Waals surface area contributed by atoms with E-state index in [2.05, 4.69) is 15.5 Å². The number of amides is 2. The van der Waals surface area contributed by atoms with Gasteiger partial charge in [0.1, 0.15) is 0 Å². The number of hydrogen-bond donors (Lipinski definition) is 2. The standard InChI is InChI=1S/C18H26N4O2.ClH/c1-13-4-3-5-16(14(13)2)20-17(23)12-21-6-8-22(9-7-21)18(24)15-10-19-11-15;/h3-5,15,19H,6-12H2,1-2H3,(H,20,23);1H. The van der Waals surface area contributed by atoms with Crippen LogP contribution in [0.25, 0.3) is 0 Å². The maximum atomic E-state index is 12.3. The zero-order valence-electron chi connectivity index (χ0n) is 14.9. The van der Waals surface area contributed by atoms with Crippen LogP contribution in [0.2, 0.25) is 0 Å². The Hall–Kier alpha value is -1.63. The van der Waals surface area contributed by atoms with Crippen LogP contribution >= 0.6 is 12.4 Å². The van der Waals surface area contributed by atoms with Crippen molar-refractivity contribution >= 4 is 29.9 Å². The van der Waals surface area contributed by atoms with E-state index in [0.29, 0.717) is 19.6 Å². The Labute approximate surface area is 155 Å². The molecule has 2 amide bonds. The van der Waals surface area contributed by atoms with Crippen molar-refractivity contribution < 1.29 is 9.59 Å². The van der Waals surface area contributed by atoms with Gasteiger partial charge in [0.05, 0.1) is 12.5 Å². The van der Waals surface area contributed by atoms with Crippen LogP contribution in [0.15, 0.2) is 18.2 Å². The Bertz CT molecular complexity index is 626. The van der Waals surface area contributed by atoms with Crippen LogP contribution in [0.1, 0.15) is 11.1 Å². The second kappa shape index (κ2) is 8.65. The molecule has 0 atom stereocenters. The molecule has 3 rings (SSSR count). The van der Waals surface area contributed by atoms with E-state index in [1.165, 1.54) is 5.56 Å². The van der Waals surface area contributed by atoms with Crippen LogP contribution in [-0.4, -0.2) is 67.4 Å². The van der Waals surface area contributed by atoms with E-state index >= 15 is 0 Å². The van der Waals surface area contributed by atoms with Gasteiger partial charge in [-0.25, -0.2) is 0 Å². The van der Waals surface area contributed by atoms with Crippen LogP contribution in [-0.2, 0) is 9.59 Å². The van der Waals surface area contributed by atoms with Gasteiger partial charge in [0.15, 0.2) is 0 Å². The summed E-state index contributed by atoms with van der Waals surface area (Å²) in [5.74, 6) is 0.420. The molecule has 2 N–H and O–H groups in total. The molecule has 2 saturated heterocycles. The van der Waals surface area contributed by atoms with Gasteiger partial charge in [-0.05, 0) is 31.0 Å². The summed E-state index contributed by atoms with van der Waals surface area (Å²) < 4.78 is 0. The van der Waals surface area contributed by atoms with Gasteiger partial charge in [0, 0.05) is 45.0 Å². The average molecular weight is 367 g/mol. The summed E-state index contributed by atoms with van der Waals surface area (Å²) in [6.07, 6.45) is 0. The average Bonchev–Trinajstić information content (AvgIpc) is 2.51. The third-order valence-corrected chi connectivity index (χ3v) is 5.06. The number of halogens is 1. The molecule has 0 bridgehead atoms. The number of hydrogen-bond acceptors (Lipinski definition) is 4. The lowest BCUT2D eigenvalue weighted by atomic mass is 10.0. The zero-order valence-corrected chi connectivity index (χ0v) is 15.7. The molecule has 1 aromatic rings. The number of nitrogens with zero attached hydrogens (tertiary/aromatic N) is 2. The Morgan fingerprint density at radius 1 is 1.16 bits per heavy atom. The van der Waals surface area contributed by atoms with Crippen molar-refractivity contribution in [2.45, 2.75) is 13.8 Å². The molecule has 0 saturated carbocycles. The van der Waals surface area contributed by atoms with Crippen molar-refractivity contribution in [2.24, 2.45) is 5.92 Å². The Kier molecular flexibility index (Phi) is 6.81. The summed E-state index contributed by atoms with van der Waals surface area (Å²) in [6, 6.07) is 5.93. The summed E-state index contributed by atoms with van der Waals surface area (Å²) >= 11 is 0. The molecule has 0 radical (unpaired) electrons. The van der Waals surface area contributed by atoms with Gasteiger partial charge in [-0.3, -0.25) is 14.5 Å². The first-order valence-electron chi connectivity index (χ1n) is 8.62. The van der Waals surface area contributed by atoms with E-state index in [9.17, 15) is 9.59 Å². The first kappa shape index (κ1) is 19.7. The van der Waals surface area contributed by atoms with Gasteiger partial charge in [0.2, 0.25) is 11.8 Å². The first-order valence-corrected chi connectivity index (χ1v) is 8.62. The predicted octanol–water partition coefficient (Wildman–Crippen LogP) is 1.03. The lowest BCUT2D eigenvalue weighted by Crippen LogP contribution is -2.57. The molecule has 2 aliphatic heterocycles. The summed E-state index contributed by atoms with van der Waals surface area (Å²) in [6.45, 7) is 8.98. The minimum atomic E-state index is 0. The lowest BCUT2D eigenvalue weighted by Gasteiger charge is -2.38. The predicted molar refractivity (Wildman–Crippen MR) is 101 cm³/mol. The monoisotopic (exact) mass is 366 g/mol. The fraction of sp³-hybridized carbons (Fsp3) is 0.556. The van der Waals surface area contributed by atoms with Crippen molar-refractivity contribution in [3.63, 3.8) is 0 Å². The number of aryl methyl sites for hydroxylation is 1. The highest BCUT2D eigenvalue weighted by molar-refractivity contribution is 5.93. The van der Waals surface area contributed by atoms with E-state index < -0.39 is 0 Å². The fourth-order valence-corrected chi connectivity index (χ4v) is 3.13. The van der Waals surface area contributed by atoms with E-state index in [0.717, 1.165) is 37.4 Å². The van der Waals surface area contributed by atoms with Gasteiger partial charge in [-0.1, -0.05) is 12.1 Å². The molecule has 25 heavy (non-hydrogen) atoms. The number of piperazine rings is 1. The third kappa shape index (κ3) is 4.71. The van der Waals surface area contributed by atoms with E-state index in [1.807, 2.05) is 36.9 Å². The number of carbonyl (C=O) groups is 2. The molecule has 2 fully saturated rings. The molecule has 1 aromatic carbocycles. The Morgan fingerprint density at radius 3 is 2.44 bits per heavy atom.